The molecule has 118 valence electrons. The van der Waals surface area contributed by atoms with Gasteiger partial charge in [-0.2, -0.15) is 15.0 Å². The van der Waals surface area contributed by atoms with E-state index < -0.39 is 0 Å². The monoisotopic (exact) mass is 295 g/mol. The fraction of sp³-hybridized carbons (Fsp3) is 0.786. The summed E-state index contributed by atoms with van der Waals surface area (Å²) in [7, 11) is 1.78. The van der Waals surface area contributed by atoms with E-state index >= 15 is 0 Å². The van der Waals surface area contributed by atoms with E-state index in [1.165, 1.54) is 12.8 Å². The molecule has 0 radical (unpaired) electrons. The molecule has 0 saturated carbocycles. The lowest BCUT2D eigenvalue weighted by molar-refractivity contribution is 0.0134. The Morgan fingerprint density at radius 1 is 1.24 bits per heavy atom. The van der Waals surface area contributed by atoms with Gasteiger partial charge in [-0.3, -0.25) is 0 Å². The maximum Gasteiger partial charge on any atom is 0.323 e. The Kier molecular flexibility index (Phi) is 6.46. The van der Waals surface area contributed by atoms with Gasteiger partial charge in [0.25, 0.3) is 0 Å². The smallest absolute Gasteiger partial charge is 0.323 e. The van der Waals surface area contributed by atoms with Crippen molar-refractivity contribution < 1.29 is 9.47 Å². The number of ether oxygens (including phenoxy) is 2. The molecule has 2 heterocycles. The van der Waals surface area contributed by atoms with E-state index in [0.717, 1.165) is 32.4 Å². The van der Waals surface area contributed by atoms with Gasteiger partial charge < -0.3 is 20.1 Å². The molecule has 0 aromatic carbocycles. The number of nitrogens with zero attached hydrogens (tertiary/aromatic N) is 3. The molecule has 1 aromatic heterocycles. The standard InChI is InChI=1S/C14H25N5O2/c1-3-9-21-14-18-12(15-2)17-13(19-14)16-8-7-11-6-4-5-10-20-11/h11H,3-10H2,1-2H3,(H2,15,16,17,18,19). The Morgan fingerprint density at radius 2 is 2.10 bits per heavy atom. The van der Waals surface area contributed by atoms with Gasteiger partial charge in [-0.05, 0) is 32.1 Å². The first-order valence-electron chi connectivity index (χ1n) is 7.74. The van der Waals surface area contributed by atoms with Crippen molar-refractivity contribution in [2.24, 2.45) is 0 Å². The van der Waals surface area contributed by atoms with Crippen LogP contribution < -0.4 is 15.4 Å². The molecule has 0 aliphatic carbocycles. The Hall–Kier alpha value is -1.63. The number of rotatable bonds is 8. The van der Waals surface area contributed by atoms with Gasteiger partial charge in [0.05, 0.1) is 12.7 Å². The largest absolute Gasteiger partial charge is 0.463 e. The minimum Gasteiger partial charge on any atom is -0.463 e. The molecule has 1 aliphatic rings. The summed E-state index contributed by atoms with van der Waals surface area (Å²) in [6, 6.07) is 0.354. The summed E-state index contributed by atoms with van der Waals surface area (Å²) in [5, 5.41) is 6.14. The first kappa shape index (κ1) is 15.8. The summed E-state index contributed by atoms with van der Waals surface area (Å²) < 4.78 is 11.2. The molecule has 1 aromatic rings. The zero-order chi connectivity index (χ0) is 14.9. The van der Waals surface area contributed by atoms with Crippen LogP contribution in [0.25, 0.3) is 0 Å². The maximum atomic E-state index is 5.71. The summed E-state index contributed by atoms with van der Waals surface area (Å²) in [6.45, 7) is 4.31. The number of anilines is 2. The molecule has 0 bridgehead atoms. The zero-order valence-electron chi connectivity index (χ0n) is 12.9. The third kappa shape index (κ3) is 5.34. The summed E-state index contributed by atoms with van der Waals surface area (Å²) >= 11 is 0. The van der Waals surface area contributed by atoms with Crippen LogP contribution in [-0.4, -0.2) is 47.9 Å². The van der Waals surface area contributed by atoms with Crippen molar-refractivity contribution in [3.63, 3.8) is 0 Å². The number of hydrogen-bond acceptors (Lipinski definition) is 7. The molecule has 7 nitrogen and oxygen atoms in total. The summed E-state index contributed by atoms with van der Waals surface area (Å²) in [5.74, 6) is 1.05. The van der Waals surface area contributed by atoms with Gasteiger partial charge in [-0.25, -0.2) is 0 Å². The van der Waals surface area contributed by atoms with E-state index in [2.05, 4.69) is 25.6 Å². The van der Waals surface area contributed by atoms with Crippen LogP contribution in [-0.2, 0) is 4.74 Å². The molecule has 1 atom stereocenters. The zero-order valence-corrected chi connectivity index (χ0v) is 12.9. The molecule has 1 unspecified atom stereocenters. The Morgan fingerprint density at radius 3 is 2.81 bits per heavy atom. The van der Waals surface area contributed by atoms with Crippen molar-refractivity contribution in [1.82, 2.24) is 15.0 Å². The Balaban J connectivity index is 1.85. The number of hydrogen-bond donors (Lipinski definition) is 2. The van der Waals surface area contributed by atoms with E-state index in [-0.39, 0.29) is 0 Å². The van der Waals surface area contributed by atoms with E-state index in [0.29, 0.717) is 30.6 Å². The molecule has 1 fully saturated rings. The molecule has 1 saturated heterocycles. The molecule has 1 aliphatic heterocycles. The predicted octanol–water partition coefficient (Wildman–Crippen LogP) is 2.07. The fourth-order valence-electron chi connectivity index (χ4n) is 2.19. The lowest BCUT2D eigenvalue weighted by atomic mass is 10.1. The molecular formula is C14H25N5O2. The van der Waals surface area contributed by atoms with Crippen molar-refractivity contribution >= 4 is 11.9 Å². The second-order valence-corrected chi connectivity index (χ2v) is 5.07. The molecule has 21 heavy (non-hydrogen) atoms. The van der Waals surface area contributed by atoms with Crippen molar-refractivity contribution in [2.75, 3.05) is 37.4 Å². The Labute approximate surface area is 125 Å². The second kappa shape index (κ2) is 8.61. The first-order valence-corrected chi connectivity index (χ1v) is 7.74. The SMILES string of the molecule is CCCOc1nc(NC)nc(NCCC2CCCCO2)n1. The van der Waals surface area contributed by atoms with Crippen molar-refractivity contribution in [1.29, 1.82) is 0 Å². The predicted molar refractivity (Wildman–Crippen MR) is 81.9 cm³/mol. The Bertz CT molecular complexity index is 424. The molecule has 2 rings (SSSR count). The highest BCUT2D eigenvalue weighted by Crippen LogP contribution is 2.16. The van der Waals surface area contributed by atoms with Crippen LogP contribution in [0, 0.1) is 0 Å². The third-order valence-corrected chi connectivity index (χ3v) is 3.30. The molecule has 7 heteroatoms. The highest BCUT2D eigenvalue weighted by Gasteiger charge is 2.13. The minimum absolute atomic E-state index is 0.354. The van der Waals surface area contributed by atoms with Crippen LogP contribution in [0.15, 0.2) is 0 Å². The normalized spacial score (nSPS) is 18.3. The third-order valence-electron chi connectivity index (χ3n) is 3.30. The van der Waals surface area contributed by atoms with Gasteiger partial charge in [0.1, 0.15) is 0 Å². The molecular weight excluding hydrogens is 270 g/mol. The second-order valence-electron chi connectivity index (χ2n) is 5.07. The highest BCUT2D eigenvalue weighted by molar-refractivity contribution is 5.35. The van der Waals surface area contributed by atoms with Gasteiger partial charge >= 0.3 is 6.01 Å². The minimum atomic E-state index is 0.354. The van der Waals surface area contributed by atoms with E-state index in [1.807, 2.05) is 6.92 Å². The number of nitrogens with one attached hydrogen (secondary N) is 2. The molecule has 0 amide bonds. The topological polar surface area (TPSA) is 81.2 Å². The van der Waals surface area contributed by atoms with Crippen LogP contribution in [0.1, 0.15) is 39.0 Å². The lowest BCUT2D eigenvalue weighted by Gasteiger charge is -2.22. The number of aromatic nitrogens is 3. The van der Waals surface area contributed by atoms with Crippen molar-refractivity contribution in [3.05, 3.63) is 0 Å². The average molecular weight is 295 g/mol. The summed E-state index contributed by atoms with van der Waals surface area (Å²) in [6.07, 6.45) is 5.82. The van der Waals surface area contributed by atoms with E-state index in [4.69, 9.17) is 9.47 Å². The lowest BCUT2D eigenvalue weighted by Crippen LogP contribution is -2.22. The fourth-order valence-corrected chi connectivity index (χ4v) is 2.19. The average Bonchev–Trinajstić information content (AvgIpc) is 2.53. The maximum absolute atomic E-state index is 5.71. The van der Waals surface area contributed by atoms with Crippen molar-refractivity contribution in [3.8, 4) is 6.01 Å². The summed E-state index contributed by atoms with van der Waals surface area (Å²) in [5.41, 5.74) is 0. The van der Waals surface area contributed by atoms with Gasteiger partial charge in [0.15, 0.2) is 0 Å². The van der Waals surface area contributed by atoms with Gasteiger partial charge in [0, 0.05) is 20.2 Å². The first-order chi connectivity index (χ1) is 10.3. The van der Waals surface area contributed by atoms with Crippen LogP contribution in [0.5, 0.6) is 6.01 Å². The van der Waals surface area contributed by atoms with Crippen LogP contribution >= 0.6 is 0 Å². The van der Waals surface area contributed by atoms with Crippen LogP contribution in [0.3, 0.4) is 0 Å². The van der Waals surface area contributed by atoms with Crippen LogP contribution in [0.4, 0.5) is 11.9 Å². The van der Waals surface area contributed by atoms with Gasteiger partial charge in [-0.15, -0.1) is 0 Å². The van der Waals surface area contributed by atoms with E-state index in [1.54, 1.807) is 7.05 Å². The highest BCUT2D eigenvalue weighted by atomic mass is 16.5. The summed E-state index contributed by atoms with van der Waals surface area (Å²) in [4.78, 5) is 12.7. The quantitative estimate of drug-likeness (QED) is 0.759. The van der Waals surface area contributed by atoms with Gasteiger partial charge in [0.2, 0.25) is 11.9 Å². The molecule has 2 N–H and O–H groups in total. The van der Waals surface area contributed by atoms with Gasteiger partial charge in [-0.1, -0.05) is 6.92 Å². The molecule has 0 spiro atoms. The van der Waals surface area contributed by atoms with E-state index in [9.17, 15) is 0 Å². The van der Waals surface area contributed by atoms with Crippen molar-refractivity contribution in [2.45, 2.75) is 45.1 Å². The van der Waals surface area contributed by atoms with Crippen LogP contribution in [0.2, 0.25) is 0 Å².